The molecule has 2 aromatic heterocycles. The molecule has 0 unspecified atom stereocenters. The van der Waals surface area contributed by atoms with Crippen molar-refractivity contribution in [3.63, 3.8) is 0 Å². The van der Waals surface area contributed by atoms with E-state index in [1.54, 1.807) is 19.2 Å². The van der Waals surface area contributed by atoms with Gasteiger partial charge in [-0.2, -0.15) is 0 Å². The van der Waals surface area contributed by atoms with Gasteiger partial charge in [-0.1, -0.05) is 18.0 Å². The zero-order valence-electron chi connectivity index (χ0n) is 20.4. The largest absolute Gasteiger partial charge is 0.445 e. The number of nitrogens with zero attached hydrogens (tertiary/aromatic N) is 3. The molecule has 1 aliphatic carbocycles. The van der Waals surface area contributed by atoms with E-state index in [-0.39, 0.29) is 31.8 Å². The van der Waals surface area contributed by atoms with E-state index in [1.165, 1.54) is 18.2 Å². The topological polar surface area (TPSA) is 153 Å². The molecule has 2 fully saturated rings. The van der Waals surface area contributed by atoms with E-state index in [1.807, 2.05) is 0 Å². The maximum Gasteiger partial charge on any atom is 0.247 e. The standard InChI is InChI=1S/C22H32N4O7S2/c1-15-23-14-18(32-15)22(9-5-6-10-22)17-13-19(33-25-17)24-20(27)21(2,3)35(30,31)16-7-11-26(12-8-16)34(4,28)29/h13-14,16H,5-12H2,1-4H3,(H,24,27). The predicted octanol–water partition coefficient (Wildman–Crippen LogP) is 2.39. The van der Waals surface area contributed by atoms with E-state index in [9.17, 15) is 21.6 Å². The van der Waals surface area contributed by atoms with Gasteiger partial charge >= 0.3 is 0 Å². The number of nitrogens with one attached hydrogen (secondary N) is 1. The smallest absolute Gasteiger partial charge is 0.247 e. The van der Waals surface area contributed by atoms with Crippen molar-refractivity contribution < 1.29 is 30.6 Å². The molecule has 194 valence electrons. The van der Waals surface area contributed by atoms with E-state index >= 15 is 0 Å². The molecule has 13 heteroatoms. The first-order chi connectivity index (χ1) is 16.3. The Morgan fingerprint density at radius 1 is 1.17 bits per heavy atom. The van der Waals surface area contributed by atoms with Crippen LogP contribution in [-0.2, 0) is 30.1 Å². The molecule has 0 bridgehead atoms. The van der Waals surface area contributed by atoms with Crippen molar-refractivity contribution in [2.24, 2.45) is 0 Å². The van der Waals surface area contributed by atoms with Crippen molar-refractivity contribution >= 4 is 31.7 Å². The van der Waals surface area contributed by atoms with Gasteiger partial charge in [0.15, 0.2) is 15.7 Å². The third kappa shape index (κ3) is 4.65. The van der Waals surface area contributed by atoms with Crippen LogP contribution < -0.4 is 5.32 Å². The lowest BCUT2D eigenvalue weighted by molar-refractivity contribution is -0.118. The SMILES string of the molecule is Cc1ncc(C2(c3cc(NC(=O)C(C)(C)S(=O)(=O)C4CCN(S(C)(=O)=O)CC4)on3)CCCC2)o1. The van der Waals surface area contributed by atoms with E-state index in [0.717, 1.165) is 31.9 Å². The number of rotatable bonds is 7. The van der Waals surface area contributed by atoms with Crippen LogP contribution in [0.3, 0.4) is 0 Å². The summed E-state index contributed by atoms with van der Waals surface area (Å²) >= 11 is 0. The molecule has 1 aliphatic heterocycles. The van der Waals surface area contributed by atoms with Gasteiger partial charge in [0.1, 0.15) is 10.5 Å². The third-order valence-corrected chi connectivity index (χ3v) is 11.6. The fourth-order valence-corrected chi connectivity index (χ4v) is 7.88. The normalized spacial score (nSPS) is 20.2. The van der Waals surface area contributed by atoms with Crippen LogP contribution in [0.25, 0.3) is 0 Å². The number of carbonyl (C=O) groups excluding carboxylic acids is 1. The first kappa shape index (κ1) is 25.8. The van der Waals surface area contributed by atoms with Gasteiger partial charge in [-0.05, 0) is 39.5 Å². The highest BCUT2D eigenvalue weighted by Crippen LogP contribution is 2.46. The number of oxazole rings is 1. The molecular weight excluding hydrogens is 496 g/mol. The number of anilines is 1. The lowest BCUT2D eigenvalue weighted by atomic mass is 9.80. The van der Waals surface area contributed by atoms with Crippen molar-refractivity contribution in [1.82, 2.24) is 14.4 Å². The Bertz CT molecular complexity index is 1300. The number of aryl methyl sites for hydroxylation is 1. The molecule has 0 spiro atoms. The summed E-state index contributed by atoms with van der Waals surface area (Å²) in [6.45, 7) is 4.69. The number of carbonyl (C=O) groups is 1. The molecule has 11 nitrogen and oxygen atoms in total. The van der Waals surface area contributed by atoms with Gasteiger partial charge in [0.2, 0.25) is 21.8 Å². The fourth-order valence-electron chi connectivity index (χ4n) is 5.03. The summed E-state index contributed by atoms with van der Waals surface area (Å²) in [4.78, 5) is 17.3. The number of aromatic nitrogens is 2. The summed E-state index contributed by atoms with van der Waals surface area (Å²) in [6, 6.07) is 1.62. The molecule has 35 heavy (non-hydrogen) atoms. The molecule has 0 atom stereocenters. The average Bonchev–Trinajstić information content (AvgIpc) is 3.54. The van der Waals surface area contributed by atoms with E-state index in [2.05, 4.69) is 15.5 Å². The van der Waals surface area contributed by atoms with Gasteiger partial charge in [-0.25, -0.2) is 26.1 Å². The Kier molecular flexibility index (Phi) is 6.64. The summed E-state index contributed by atoms with van der Waals surface area (Å²) in [6.07, 6.45) is 6.63. The molecule has 4 rings (SSSR count). The van der Waals surface area contributed by atoms with Crippen molar-refractivity contribution in [2.75, 3.05) is 24.7 Å². The summed E-state index contributed by atoms with van der Waals surface area (Å²) in [5.74, 6) is 0.573. The Morgan fingerprint density at radius 3 is 2.34 bits per heavy atom. The minimum absolute atomic E-state index is 0.0580. The second-order valence-corrected chi connectivity index (χ2v) is 14.7. The van der Waals surface area contributed by atoms with Gasteiger partial charge in [-0.3, -0.25) is 10.1 Å². The minimum atomic E-state index is -3.93. The molecule has 0 radical (unpaired) electrons. The highest BCUT2D eigenvalue weighted by molar-refractivity contribution is 7.94. The Hall–Kier alpha value is -2.25. The first-order valence-electron chi connectivity index (χ1n) is 11.7. The van der Waals surface area contributed by atoms with Gasteiger partial charge in [0, 0.05) is 26.1 Å². The maximum atomic E-state index is 13.4. The lowest BCUT2D eigenvalue weighted by Gasteiger charge is -2.34. The predicted molar refractivity (Wildman–Crippen MR) is 128 cm³/mol. The van der Waals surface area contributed by atoms with Gasteiger partial charge < -0.3 is 8.94 Å². The van der Waals surface area contributed by atoms with Gasteiger partial charge in [0.05, 0.1) is 28.8 Å². The number of hydrogen-bond donors (Lipinski definition) is 1. The lowest BCUT2D eigenvalue weighted by Crippen LogP contribution is -2.52. The van der Waals surface area contributed by atoms with Crippen LogP contribution in [0.5, 0.6) is 0 Å². The third-order valence-electron chi connectivity index (χ3n) is 7.35. The fraction of sp³-hybridized carbons (Fsp3) is 0.682. The van der Waals surface area contributed by atoms with Crippen molar-refractivity contribution in [1.29, 1.82) is 0 Å². The maximum absolute atomic E-state index is 13.4. The second-order valence-electron chi connectivity index (χ2n) is 9.98. The first-order valence-corrected chi connectivity index (χ1v) is 15.1. The molecule has 1 N–H and O–H groups in total. The number of sulfone groups is 1. The van der Waals surface area contributed by atoms with E-state index in [0.29, 0.717) is 17.3 Å². The Morgan fingerprint density at radius 2 is 1.80 bits per heavy atom. The number of sulfonamides is 1. The quantitative estimate of drug-likeness (QED) is 0.571. The zero-order valence-corrected chi connectivity index (χ0v) is 22.0. The molecule has 1 saturated heterocycles. The Balaban J connectivity index is 1.50. The van der Waals surface area contributed by atoms with Crippen molar-refractivity contribution in [3.8, 4) is 0 Å². The van der Waals surface area contributed by atoms with Crippen molar-refractivity contribution in [2.45, 2.75) is 74.7 Å². The summed E-state index contributed by atoms with van der Waals surface area (Å²) in [5, 5.41) is 5.95. The molecular formula is C22H32N4O7S2. The van der Waals surface area contributed by atoms with Crippen molar-refractivity contribution in [3.05, 3.63) is 29.6 Å². The monoisotopic (exact) mass is 528 g/mol. The molecule has 2 aromatic rings. The number of hydrogen-bond acceptors (Lipinski definition) is 9. The Labute approximate surface area is 205 Å². The number of piperidine rings is 1. The summed E-state index contributed by atoms with van der Waals surface area (Å²) in [7, 11) is -7.32. The molecule has 3 heterocycles. The van der Waals surface area contributed by atoms with Crippen LogP contribution in [0, 0.1) is 6.92 Å². The highest BCUT2D eigenvalue weighted by Gasteiger charge is 2.48. The molecule has 2 aliphatic rings. The number of amides is 1. The van der Waals surface area contributed by atoms with Crippen LogP contribution in [0.15, 0.2) is 21.2 Å². The van der Waals surface area contributed by atoms with Crippen LogP contribution >= 0.6 is 0 Å². The second kappa shape index (κ2) is 9.00. The van der Waals surface area contributed by atoms with Crippen LogP contribution in [0.1, 0.15) is 69.7 Å². The molecule has 0 aromatic carbocycles. The average molecular weight is 529 g/mol. The van der Waals surface area contributed by atoms with E-state index in [4.69, 9.17) is 8.94 Å². The van der Waals surface area contributed by atoms with Gasteiger partial charge in [-0.15, -0.1) is 0 Å². The van der Waals surface area contributed by atoms with Crippen LogP contribution in [0.2, 0.25) is 0 Å². The summed E-state index contributed by atoms with van der Waals surface area (Å²) in [5.41, 5.74) is 0.110. The highest BCUT2D eigenvalue weighted by atomic mass is 32.2. The van der Waals surface area contributed by atoms with E-state index < -0.39 is 41.2 Å². The summed E-state index contributed by atoms with van der Waals surface area (Å²) < 4.78 is 60.9. The van der Waals surface area contributed by atoms with Crippen LogP contribution in [0.4, 0.5) is 5.88 Å². The molecule has 1 amide bonds. The van der Waals surface area contributed by atoms with Crippen LogP contribution in [-0.4, -0.2) is 66.5 Å². The molecule has 1 saturated carbocycles. The zero-order chi connectivity index (χ0) is 25.6. The van der Waals surface area contributed by atoms with Gasteiger partial charge in [0.25, 0.3) is 0 Å². The minimum Gasteiger partial charge on any atom is -0.445 e.